The van der Waals surface area contributed by atoms with Gasteiger partial charge in [-0.25, -0.2) is 0 Å². The number of nitrogens with two attached hydrogens (primary N) is 1. The molecule has 8 heteroatoms. The lowest BCUT2D eigenvalue weighted by Crippen LogP contribution is -2.54. The van der Waals surface area contributed by atoms with E-state index < -0.39 is 11.9 Å². The second-order valence-electron chi connectivity index (χ2n) is 7.89. The molecule has 2 aliphatic heterocycles. The zero-order valence-electron chi connectivity index (χ0n) is 14.6. The van der Waals surface area contributed by atoms with Crippen LogP contribution in [0.5, 0.6) is 0 Å². The van der Waals surface area contributed by atoms with E-state index in [1.807, 2.05) is 0 Å². The fourth-order valence-corrected chi connectivity index (χ4v) is 5.25. The maximum Gasteiger partial charge on any atom is 0.240 e. The number of hydrogen-bond donors (Lipinski definition) is 4. The predicted octanol–water partition coefficient (Wildman–Crippen LogP) is -0.295. The highest BCUT2D eigenvalue weighted by atomic mass is 35.5. The first-order valence-corrected chi connectivity index (χ1v) is 9.33. The molecule has 0 aromatic heterocycles. The van der Waals surface area contributed by atoms with E-state index >= 15 is 0 Å². The van der Waals surface area contributed by atoms with Crippen molar-refractivity contribution in [2.45, 2.75) is 37.8 Å². The summed E-state index contributed by atoms with van der Waals surface area (Å²) in [5.41, 5.74) is 5.48. The molecule has 144 valence electrons. The zero-order valence-corrected chi connectivity index (χ0v) is 15.5. The van der Waals surface area contributed by atoms with Crippen molar-refractivity contribution in [1.29, 1.82) is 0 Å². The van der Waals surface area contributed by atoms with Gasteiger partial charge < -0.3 is 21.7 Å². The first-order chi connectivity index (χ1) is 12.0. The van der Waals surface area contributed by atoms with E-state index in [0.29, 0.717) is 36.6 Å². The molecule has 2 heterocycles. The molecular formula is C18H27ClN4O3. The summed E-state index contributed by atoms with van der Waals surface area (Å²) in [6.45, 7) is 1.47. The van der Waals surface area contributed by atoms with Gasteiger partial charge in [0.1, 0.15) is 6.04 Å². The lowest BCUT2D eigenvalue weighted by atomic mass is 9.62. The third kappa shape index (κ3) is 3.34. The molecule has 2 saturated heterocycles. The van der Waals surface area contributed by atoms with E-state index in [2.05, 4.69) is 28.1 Å². The molecule has 5 aliphatic rings. The van der Waals surface area contributed by atoms with E-state index in [-0.39, 0.29) is 42.6 Å². The molecule has 0 radical (unpaired) electrons. The van der Waals surface area contributed by atoms with Crippen molar-refractivity contribution in [3.8, 4) is 0 Å². The summed E-state index contributed by atoms with van der Waals surface area (Å²) >= 11 is 0. The highest BCUT2D eigenvalue weighted by Gasteiger charge is 2.50. The SMILES string of the molecule is Cl.NC(=O)[C@H](C[C@@H]1CCNC1=O)NC(=O)[C@@H]1NC[C@@H]2[C@H]1[C@@H]1C=C[C@H]2CC1. The summed E-state index contributed by atoms with van der Waals surface area (Å²) < 4.78 is 0. The van der Waals surface area contributed by atoms with Crippen LogP contribution in [-0.4, -0.2) is 42.9 Å². The molecule has 5 rings (SSSR count). The standard InChI is InChI=1S/C18H26N4O3.ClH/c19-16(23)13(7-11-5-6-20-17(11)24)22-18(25)15-14-10-3-1-9(2-4-10)12(14)8-21-15;/h1,3,9-15,21H,2,4-8H2,(H2,19,23)(H,20,24)(H,22,25);1H/t9-,10+,11-,12-,13-,14+,15+;/m0./s1. The van der Waals surface area contributed by atoms with Gasteiger partial charge in [-0.3, -0.25) is 14.4 Å². The Hall–Kier alpha value is -1.60. The van der Waals surface area contributed by atoms with Gasteiger partial charge in [0.25, 0.3) is 0 Å². The van der Waals surface area contributed by atoms with Crippen LogP contribution >= 0.6 is 12.4 Å². The molecular weight excluding hydrogens is 356 g/mol. The monoisotopic (exact) mass is 382 g/mol. The van der Waals surface area contributed by atoms with E-state index in [4.69, 9.17) is 5.73 Å². The van der Waals surface area contributed by atoms with Crippen molar-refractivity contribution in [2.24, 2.45) is 35.3 Å². The highest BCUT2D eigenvalue weighted by Crippen LogP contribution is 2.48. The highest BCUT2D eigenvalue weighted by molar-refractivity contribution is 5.90. The van der Waals surface area contributed by atoms with Gasteiger partial charge >= 0.3 is 0 Å². The lowest BCUT2D eigenvalue weighted by Gasteiger charge is -2.42. The Labute approximate surface area is 159 Å². The third-order valence-corrected chi connectivity index (χ3v) is 6.56. The van der Waals surface area contributed by atoms with Gasteiger partial charge in [0.05, 0.1) is 6.04 Å². The molecule has 0 aromatic rings. The van der Waals surface area contributed by atoms with Crippen LogP contribution in [0.2, 0.25) is 0 Å². The molecule has 0 unspecified atom stereocenters. The molecule has 0 spiro atoms. The van der Waals surface area contributed by atoms with Crippen LogP contribution in [0.4, 0.5) is 0 Å². The molecule has 7 nitrogen and oxygen atoms in total. The van der Waals surface area contributed by atoms with E-state index in [0.717, 1.165) is 13.0 Å². The number of allylic oxidation sites excluding steroid dienone is 2. The Morgan fingerprint density at radius 1 is 1.23 bits per heavy atom. The molecule has 3 amide bonds. The summed E-state index contributed by atoms with van der Waals surface area (Å²) in [4.78, 5) is 36.4. The Bertz CT molecular complexity index is 626. The molecule has 2 bridgehead atoms. The van der Waals surface area contributed by atoms with Crippen molar-refractivity contribution >= 4 is 30.1 Å². The van der Waals surface area contributed by atoms with E-state index in [1.165, 1.54) is 6.42 Å². The van der Waals surface area contributed by atoms with Gasteiger partial charge in [0.15, 0.2) is 0 Å². The topological polar surface area (TPSA) is 113 Å². The maximum atomic E-state index is 12.8. The van der Waals surface area contributed by atoms with Crippen LogP contribution in [0.25, 0.3) is 0 Å². The van der Waals surface area contributed by atoms with E-state index in [1.54, 1.807) is 0 Å². The number of nitrogens with one attached hydrogen (secondary N) is 3. The molecule has 0 aromatic carbocycles. The van der Waals surface area contributed by atoms with Gasteiger partial charge in [-0.2, -0.15) is 0 Å². The number of primary amides is 1. The minimum Gasteiger partial charge on any atom is -0.368 e. The van der Waals surface area contributed by atoms with Crippen molar-refractivity contribution in [3.63, 3.8) is 0 Å². The predicted molar refractivity (Wildman–Crippen MR) is 98.2 cm³/mol. The number of carbonyl (C=O) groups is 3. The van der Waals surface area contributed by atoms with Crippen molar-refractivity contribution < 1.29 is 14.4 Å². The van der Waals surface area contributed by atoms with Gasteiger partial charge in [0, 0.05) is 12.5 Å². The number of halogens is 1. The summed E-state index contributed by atoms with van der Waals surface area (Å²) in [5, 5.41) is 8.93. The molecule has 5 N–H and O–H groups in total. The largest absolute Gasteiger partial charge is 0.368 e. The zero-order chi connectivity index (χ0) is 17.6. The Morgan fingerprint density at radius 3 is 2.58 bits per heavy atom. The van der Waals surface area contributed by atoms with Crippen LogP contribution in [0.1, 0.15) is 25.7 Å². The molecule has 3 aliphatic carbocycles. The van der Waals surface area contributed by atoms with Gasteiger partial charge in [-0.15, -0.1) is 12.4 Å². The Kier molecular flexibility index (Phi) is 5.58. The number of carbonyl (C=O) groups excluding carboxylic acids is 3. The van der Waals surface area contributed by atoms with Crippen molar-refractivity contribution in [2.75, 3.05) is 13.1 Å². The normalized spacial score (nSPS) is 38.2. The Morgan fingerprint density at radius 2 is 1.96 bits per heavy atom. The number of hydrogen-bond acceptors (Lipinski definition) is 4. The second kappa shape index (κ2) is 7.56. The van der Waals surface area contributed by atoms with Crippen molar-refractivity contribution in [1.82, 2.24) is 16.0 Å². The van der Waals surface area contributed by atoms with Crippen LogP contribution in [0.15, 0.2) is 12.2 Å². The quantitative estimate of drug-likeness (QED) is 0.489. The van der Waals surface area contributed by atoms with Gasteiger partial charge in [0.2, 0.25) is 17.7 Å². The molecule has 7 atom stereocenters. The smallest absolute Gasteiger partial charge is 0.240 e. The first kappa shape index (κ1) is 19.2. The van der Waals surface area contributed by atoms with E-state index in [9.17, 15) is 14.4 Å². The van der Waals surface area contributed by atoms with Crippen LogP contribution in [0, 0.1) is 29.6 Å². The average Bonchev–Trinajstić information content (AvgIpc) is 3.23. The molecule has 26 heavy (non-hydrogen) atoms. The maximum absolute atomic E-state index is 12.8. The number of rotatable bonds is 5. The van der Waals surface area contributed by atoms with Gasteiger partial charge in [-0.1, -0.05) is 12.2 Å². The molecule has 3 fully saturated rings. The third-order valence-electron chi connectivity index (χ3n) is 6.56. The molecule has 1 saturated carbocycles. The first-order valence-electron chi connectivity index (χ1n) is 9.33. The summed E-state index contributed by atoms with van der Waals surface area (Å²) in [5.74, 6) is 0.760. The minimum absolute atomic E-state index is 0. The summed E-state index contributed by atoms with van der Waals surface area (Å²) in [7, 11) is 0. The average molecular weight is 383 g/mol. The fraction of sp³-hybridized carbons (Fsp3) is 0.722. The van der Waals surface area contributed by atoms with Crippen LogP contribution < -0.4 is 21.7 Å². The summed E-state index contributed by atoms with van der Waals surface area (Å²) in [6, 6.07) is -1.07. The van der Waals surface area contributed by atoms with Crippen molar-refractivity contribution in [3.05, 3.63) is 12.2 Å². The number of amides is 3. The minimum atomic E-state index is -0.793. The Balaban J connectivity index is 0.00000196. The second-order valence-corrected chi connectivity index (χ2v) is 7.89. The summed E-state index contributed by atoms with van der Waals surface area (Å²) in [6.07, 6.45) is 7.87. The van der Waals surface area contributed by atoms with Gasteiger partial charge in [-0.05, 0) is 55.9 Å². The number of fused-ring (bicyclic) bond motifs is 1. The van der Waals surface area contributed by atoms with Crippen LogP contribution in [-0.2, 0) is 14.4 Å². The van der Waals surface area contributed by atoms with Crippen LogP contribution in [0.3, 0.4) is 0 Å². The lowest BCUT2D eigenvalue weighted by molar-refractivity contribution is -0.131. The fourth-order valence-electron chi connectivity index (χ4n) is 5.25.